The molecule has 5 heteroatoms. The molecule has 29 heavy (non-hydrogen) atoms. The van der Waals surface area contributed by atoms with Gasteiger partial charge in [0.25, 0.3) is 5.91 Å². The maximum Gasteiger partial charge on any atom is 0.291 e. The topological polar surface area (TPSA) is 59.8 Å². The third-order valence-electron chi connectivity index (χ3n) is 5.21. The Hall–Kier alpha value is -3.34. The van der Waals surface area contributed by atoms with Crippen LogP contribution in [0, 0.1) is 13.8 Å². The number of carbonyl (C=O) groups excluding carboxylic acids is 1. The number of fused-ring (bicyclic) bond motifs is 2. The molecule has 0 saturated heterocycles. The number of amides is 1. The summed E-state index contributed by atoms with van der Waals surface area (Å²) in [6, 6.07) is 10.7. The van der Waals surface area contributed by atoms with Crippen LogP contribution in [0.25, 0.3) is 11.0 Å². The summed E-state index contributed by atoms with van der Waals surface area (Å²) in [7, 11) is 0. The largest absolute Gasteiger partial charge is 0.494 e. The molecule has 0 bridgehead atoms. The van der Waals surface area contributed by atoms with Gasteiger partial charge in [0.05, 0.1) is 23.6 Å². The van der Waals surface area contributed by atoms with Crippen molar-refractivity contribution < 1.29 is 13.9 Å². The molecule has 0 aliphatic carbocycles. The lowest BCUT2D eigenvalue weighted by Gasteiger charge is -2.24. The summed E-state index contributed by atoms with van der Waals surface area (Å²) in [5, 5.41) is 0.500. The molecule has 2 heterocycles. The van der Waals surface area contributed by atoms with Crippen molar-refractivity contribution >= 4 is 16.9 Å². The zero-order valence-corrected chi connectivity index (χ0v) is 16.8. The lowest BCUT2D eigenvalue weighted by molar-refractivity contribution is 0.0748. The zero-order valence-electron chi connectivity index (χ0n) is 16.8. The van der Waals surface area contributed by atoms with Crippen LogP contribution in [0.5, 0.6) is 5.75 Å². The van der Waals surface area contributed by atoms with Gasteiger partial charge in [-0.1, -0.05) is 24.3 Å². The van der Waals surface area contributed by atoms with Gasteiger partial charge in [0.15, 0.2) is 5.43 Å². The second-order valence-electron chi connectivity index (χ2n) is 7.29. The van der Waals surface area contributed by atoms with E-state index in [-0.39, 0.29) is 17.1 Å². The molecule has 0 spiro atoms. The van der Waals surface area contributed by atoms with E-state index in [2.05, 4.69) is 6.58 Å². The average Bonchev–Trinajstić information content (AvgIpc) is 2.96. The van der Waals surface area contributed by atoms with E-state index in [9.17, 15) is 9.59 Å². The third kappa shape index (κ3) is 3.03. The molecule has 3 aromatic rings. The van der Waals surface area contributed by atoms with Crippen LogP contribution in [-0.2, 0) is 0 Å². The Labute approximate surface area is 169 Å². The van der Waals surface area contributed by atoms with Gasteiger partial charge in [0.2, 0.25) is 5.76 Å². The van der Waals surface area contributed by atoms with Gasteiger partial charge in [-0.3, -0.25) is 9.59 Å². The SMILES string of the molecule is C=CCN1C(=O)c2oc3c(C)cc(C)cc3c(=O)c2C1c1cccc(OCC)c1. The molecule has 4 rings (SSSR count). The predicted molar refractivity (Wildman–Crippen MR) is 113 cm³/mol. The van der Waals surface area contributed by atoms with Gasteiger partial charge in [-0.25, -0.2) is 0 Å². The van der Waals surface area contributed by atoms with Crippen LogP contribution in [-0.4, -0.2) is 24.0 Å². The molecule has 0 N–H and O–H groups in total. The first kappa shape index (κ1) is 19.0. The fraction of sp³-hybridized carbons (Fsp3) is 0.250. The van der Waals surface area contributed by atoms with Crippen LogP contribution in [0.3, 0.4) is 0 Å². The van der Waals surface area contributed by atoms with Gasteiger partial charge in [0.1, 0.15) is 11.3 Å². The fourth-order valence-electron chi connectivity index (χ4n) is 4.09. The Morgan fingerprint density at radius 3 is 2.72 bits per heavy atom. The second kappa shape index (κ2) is 7.24. The molecule has 5 nitrogen and oxygen atoms in total. The summed E-state index contributed by atoms with van der Waals surface area (Å²) in [4.78, 5) is 28.3. The summed E-state index contributed by atoms with van der Waals surface area (Å²) in [6.07, 6.45) is 1.66. The minimum absolute atomic E-state index is 0.114. The molecule has 1 aliphatic heterocycles. The number of rotatable bonds is 5. The van der Waals surface area contributed by atoms with Gasteiger partial charge in [-0.15, -0.1) is 6.58 Å². The van der Waals surface area contributed by atoms with E-state index < -0.39 is 6.04 Å². The Morgan fingerprint density at radius 1 is 1.21 bits per heavy atom. The number of carbonyl (C=O) groups is 1. The molecule has 0 saturated carbocycles. The summed E-state index contributed by atoms with van der Waals surface area (Å²) in [5.41, 5.74) is 3.30. The fourth-order valence-corrected chi connectivity index (χ4v) is 4.09. The Kier molecular flexibility index (Phi) is 4.74. The van der Waals surface area contributed by atoms with Crippen molar-refractivity contribution in [3.8, 4) is 5.75 Å². The van der Waals surface area contributed by atoms with E-state index in [4.69, 9.17) is 9.15 Å². The highest BCUT2D eigenvalue weighted by atomic mass is 16.5. The maximum absolute atomic E-state index is 13.5. The standard InChI is InChI=1S/C24H23NO4/c1-5-10-25-20(16-8-7-9-17(13-16)28-6-2)19-21(26)18-12-14(3)11-15(4)22(18)29-23(19)24(25)27/h5,7-9,11-13,20H,1,6,10H2,2-4H3. The monoisotopic (exact) mass is 389 g/mol. The molecule has 148 valence electrons. The molecule has 0 radical (unpaired) electrons. The van der Waals surface area contributed by atoms with Crippen LogP contribution in [0.4, 0.5) is 0 Å². The lowest BCUT2D eigenvalue weighted by atomic mass is 9.97. The van der Waals surface area contributed by atoms with Crippen LogP contribution >= 0.6 is 0 Å². The highest BCUT2D eigenvalue weighted by Gasteiger charge is 2.42. The van der Waals surface area contributed by atoms with Gasteiger partial charge < -0.3 is 14.1 Å². The van der Waals surface area contributed by atoms with Gasteiger partial charge in [0, 0.05) is 6.54 Å². The van der Waals surface area contributed by atoms with E-state index in [1.807, 2.05) is 57.2 Å². The van der Waals surface area contributed by atoms with Crippen LogP contribution in [0.2, 0.25) is 0 Å². The smallest absolute Gasteiger partial charge is 0.291 e. The molecule has 1 atom stereocenters. The first-order valence-electron chi connectivity index (χ1n) is 9.68. The number of benzene rings is 2. The van der Waals surface area contributed by atoms with E-state index in [1.165, 1.54) is 0 Å². The number of hydrogen-bond donors (Lipinski definition) is 0. The van der Waals surface area contributed by atoms with E-state index >= 15 is 0 Å². The van der Waals surface area contributed by atoms with Crippen molar-refractivity contribution in [2.75, 3.05) is 13.2 Å². The molecule has 1 aromatic heterocycles. The molecule has 1 amide bonds. The van der Waals surface area contributed by atoms with E-state index in [0.717, 1.165) is 16.7 Å². The van der Waals surface area contributed by atoms with E-state index in [1.54, 1.807) is 11.0 Å². The minimum atomic E-state index is -0.544. The van der Waals surface area contributed by atoms with Crippen molar-refractivity contribution in [2.45, 2.75) is 26.8 Å². The summed E-state index contributed by atoms with van der Waals surface area (Å²) >= 11 is 0. The summed E-state index contributed by atoms with van der Waals surface area (Å²) in [6.45, 7) is 10.4. The summed E-state index contributed by atoms with van der Waals surface area (Å²) < 4.78 is 11.7. The highest BCUT2D eigenvalue weighted by molar-refractivity contribution is 5.99. The summed E-state index contributed by atoms with van der Waals surface area (Å²) in [5.74, 6) is 0.509. The number of nitrogens with zero attached hydrogens (tertiary/aromatic N) is 1. The highest BCUT2D eigenvalue weighted by Crippen LogP contribution is 2.39. The Balaban J connectivity index is 2.01. The second-order valence-corrected chi connectivity index (χ2v) is 7.29. The molecule has 0 fully saturated rings. The first-order valence-corrected chi connectivity index (χ1v) is 9.68. The van der Waals surface area contributed by atoms with E-state index in [0.29, 0.717) is 35.4 Å². The molecule has 1 unspecified atom stereocenters. The third-order valence-corrected chi connectivity index (χ3v) is 5.21. The Morgan fingerprint density at radius 2 is 2.00 bits per heavy atom. The molecule has 1 aliphatic rings. The van der Waals surface area contributed by atoms with Crippen molar-refractivity contribution in [2.24, 2.45) is 0 Å². The maximum atomic E-state index is 13.5. The lowest BCUT2D eigenvalue weighted by Crippen LogP contribution is -2.29. The van der Waals surface area contributed by atoms with Crippen LogP contribution in [0.15, 0.2) is 58.3 Å². The van der Waals surface area contributed by atoms with Gasteiger partial charge in [-0.05, 0) is 55.7 Å². The molecular weight excluding hydrogens is 366 g/mol. The van der Waals surface area contributed by atoms with Gasteiger partial charge in [-0.2, -0.15) is 0 Å². The molecule has 2 aromatic carbocycles. The number of hydrogen-bond acceptors (Lipinski definition) is 4. The zero-order chi connectivity index (χ0) is 20.7. The van der Waals surface area contributed by atoms with Crippen molar-refractivity contribution in [3.63, 3.8) is 0 Å². The van der Waals surface area contributed by atoms with Crippen molar-refractivity contribution in [3.05, 3.63) is 87.3 Å². The predicted octanol–water partition coefficient (Wildman–Crippen LogP) is 4.54. The average molecular weight is 389 g/mol. The van der Waals surface area contributed by atoms with Crippen molar-refractivity contribution in [1.82, 2.24) is 4.90 Å². The Bertz CT molecular complexity index is 1190. The van der Waals surface area contributed by atoms with Gasteiger partial charge >= 0.3 is 0 Å². The first-order chi connectivity index (χ1) is 14.0. The number of aryl methyl sites for hydroxylation is 2. The van der Waals surface area contributed by atoms with Crippen LogP contribution in [0.1, 0.15) is 45.8 Å². The molecular formula is C24H23NO4. The minimum Gasteiger partial charge on any atom is -0.494 e. The van der Waals surface area contributed by atoms with Crippen molar-refractivity contribution in [1.29, 1.82) is 0 Å². The number of ether oxygens (including phenoxy) is 1. The quantitative estimate of drug-likeness (QED) is 0.601. The normalized spacial score (nSPS) is 15.6. The van der Waals surface area contributed by atoms with Crippen LogP contribution < -0.4 is 10.2 Å².